The Labute approximate surface area is 238 Å². The van der Waals surface area contributed by atoms with Crippen LogP contribution in [0.25, 0.3) is 21.6 Å². The number of hydrogen-bond donors (Lipinski definition) is 1. The fourth-order valence-electron chi connectivity index (χ4n) is 4.62. The molecule has 4 aromatic rings. The Hall–Kier alpha value is -2.77. The van der Waals surface area contributed by atoms with Crippen molar-refractivity contribution in [1.82, 2.24) is 24.7 Å². The molecule has 0 spiro atoms. The monoisotopic (exact) mass is 588 g/mol. The minimum absolute atomic E-state index is 0. The lowest BCUT2D eigenvalue weighted by Crippen LogP contribution is -2.48. The molecule has 12 heteroatoms. The quantitative estimate of drug-likeness (QED) is 0.312. The SMILES string of the molecule is C.CCN(c1cccc2cc(-c3ncc(CN4CCN(CC(=O)N(C)C)CC4)s3)[nH]c12)S(=O)(=O)c1cccs1. The first-order valence-electron chi connectivity index (χ1n) is 12.5. The summed E-state index contributed by atoms with van der Waals surface area (Å²) in [5.74, 6) is 0.137. The van der Waals surface area contributed by atoms with Crippen LogP contribution in [0.2, 0.25) is 0 Å². The van der Waals surface area contributed by atoms with Crippen molar-refractivity contribution in [3.05, 3.63) is 52.9 Å². The number of carbonyl (C=O) groups is 1. The highest BCUT2D eigenvalue weighted by Crippen LogP contribution is 2.35. The third kappa shape index (κ3) is 6.20. The number of carbonyl (C=O) groups excluding carboxylic acids is 1. The van der Waals surface area contributed by atoms with Gasteiger partial charge in [-0.3, -0.25) is 18.9 Å². The van der Waals surface area contributed by atoms with Gasteiger partial charge in [-0.1, -0.05) is 25.6 Å². The number of nitrogens with zero attached hydrogens (tertiary/aromatic N) is 5. The first kappa shape index (κ1) is 29.2. The molecule has 0 aliphatic carbocycles. The number of likely N-dealkylation sites (N-methyl/N-ethyl adjacent to an activating group) is 1. The topological polar surface area (TPSA) is 92.8 Å². The molecule has 4 heterocycles. The summed E-state index contributed by atoms with van der Waals surface area (Å²) >= 11 is 2.87. The number of nitrogens with one attached hydrogen (secondary N) is 1. The standard InChI is InChI=1S/C26H32N6O3S3.CH4/c1-4-32(38(34,35)24-9-6-14-36-24)22-8-5-7-19-15-21(28-25(19)22)26-27-16-20(37-26)17-30-10-12-31(13-11-30)18-23(33)29(2)3;/h5-9,14-16,28H,4,10-13,17-18H2,1-3H3;1H4. The molecule has 210 valence electrons. The largest absolute Gasteiger partial charge is 0.351 e. The fourth-order valence-corrected chi connectivity index (χ4v) is 8.13. The first-order valence-corrected chi connectivity index (χ1v) is 15.7. The van der Waals surface area contributed by atoms with Crippen molar-refractivity contribution < 1.29 is 13.2 Å². The van der Waals surface area contributed by atoms with Crippen molar-refractivity contribution >= 4 is 55.2 Å². The molecule has 1 saturated heterocycles. The molecule has 1 aromatic carbocycles. The van der Waals surface area contributed by atoms with E-state index in [2.05, 4.69) is 19.8 Å². The number of thiophene rings is 1. The van der Waals surface area contributed by atoms with Gasteiger partial charge in [0.15, 0.2) is 0 Å². The summed E-state index contributed by atoms with van der Waals surface area (Å²) in [5, 5.41) is 3.60. The number of benzene rings is 1. The molecule has 1 N–H and O–H groups in total. The fraction of sp³-hybridized carbons (Fsp3) is 0.407. The van der Waals surface area contributed by atoms with E-state index >= 15 is 0 Å². The number of anilines is 1. The van der Waals surface area contributed by atoms with Gasteiger partial charge >= 0.3 is 0 Å². The first-order chi connectivity index (χ1) is 18.3. The van der Waals surface area contributed by atoms with E-state index in [0.29, 0.717) is 23.0 Å². The summed E-state index contributed by atoms with van der Waals surface area (Å²) in [6.45, 7) is 7.03. The molecule has 1 aliphatic rings. The number of thiazole rings is 1. The molecule has 0 bridgehead atoms. The molecule has 0 saturated carbocycles. The Morgan fingerprint density at radius 2 is 1.85 bits per heavy atom. The van der Waals surface area contributed by atoms with E-state index in [-0.39, 0.29) is 13.3 Å². The van der Waals surface area contributed by atoms with Crippen molar-refractivity contribution in [3.8, 4) is 10.7 Å². The number of piperazine rings is 1. The zero-order valence-corrected chi connectivity index (χ0v) is 24.2. The number of aromatic nitrogens is 2. The highest BCUT2D eigenvalue weighted by atomic mass is 32.2. The maximum atomic E-state index is 13.3. The van der Waals surface area contributed by atoms with Gasteiger partial charge in [-0.15, -0.1) is 22.7 Å². The van der Waals surface area contributed by atoms with Crippen molar-refractivity contribution in [2.75, 3.05) is 57.7 Å². The van der Waals surface area contributed by atoms with Crippen LogP contribution in [0.3, 0.4) is 0 Å². The molecule has 5 rings (SSSR count). The van der Waals surface area contributed by atoms with Gasteiger partial charge in [-0.05, 0) is 30.5 Å². The molecule has 1 amide bonds. The molecule has 0 radical (unpaired) electrons. The van der Waals surface area contributed by atoms with Gasteiger partial charge in [0.05, 0.1) is 23.4 Å². The molecule has 39 heavy (non-hydrogen) atoms. The Morgan fingerprint density at radius 1 is 1.10 bits per heavy atom. The van der Waals surface area contributed by atoms with Gasteiger partial charge < -0.3 is 9.88 Å². The molecule has 1 fully saturated rings. The van der Waals surface area contributed by atoms with Crippen LogP contribution in [0.1, 0.15) is 19.2 Å². The van der Waals surface area contributed by atoms with Crippen LogP contribution in [0.4, 0.5) is 5.69 Å². The Morgan fingerprint density at radius 3 is 2.51 bits per heavy atom. The van der Waals surface area contributed by atoms with Crippen LogP contribution in [0, 0.1) is 0 Å². The zero-order valence-electron chi connectivity index (χ0n) is 21.8. The van der Waals surface area contributed by atoms with Crippen LogP contribution < -0.4 is 4.31 Å². The highest BCUT2D eigenvalue weighted by Gasteiger charge is 2.27. The predicted molar refractivity (Wildman–Crippen MR) is 161 cm³/mol. The van der Waals surface area contributed by atoms with E-state index in [1.54, 1.807) is 47.8 Å². The van der Waals surface area contributed by atoms with Crippen molar-refractivity contribution in [2.24, 2.45) is 0 Å². The summed E-state index contributed by atoms with van der Waals surface area (Å²) in [7, 11) is -0.0614. The van der Waals surface area contributed by atoms with Crippen molar-refractivity contribution in [1.29, 1.82) is 0 Å². The number of rotatable bonds is 9. The molecule has 3 aromatic heterocycles. The second-order valence-electron chi connectivity index (χ2n) is 9.50. The van der Waals surface area contributed by atoms with Crippen LogP contribution in [0.5, 0.6) is 0 Å². The number of sulfonamides is 1. The second-order valence-corrected chi connectivity index (χ2v) is 13.7. The lowest BCUT2D eigenvalue weighted by Gasteiger charge is -2.34. The molecule has 0 unspecified atom stereocenters. The van der Waals surface area contributed by atoms with Gasteiger partial charge in [0.25, 0.3) is 10.0 Å². The van der Waals surface area contributed by atoms with E-state index in [4.69, 9.17) is 0 Å². The Bertz CT molecular complexity index is 1500. The van der Waals surface area contributed by atoms with Crippen molar-refractivity contribution in [3.63, 3.8) is 0 Å². The van der Waals surface area contributed by atoms with Crippen molar-refractivity contribution in [2.45, 2.75) is 25.1 Å². The Kier molecular flexibility index (Phi) is 9.12. The number of aromatic amines is 1. The number of para-hydroxylation sites is 1. The number of hydrogen-bond acceptors (Lipinski definition) is 8. The smallest absolute Gasteiger partial charge is 0.273 e. The molecule has 9 nitrogen and oxygen atoms in total. The van der Waals surface area contributed by atoms with Crippen LogP contribution in [0.15, 0.2) is 52.2 Å². The zero-order chi connectivity index (χ0) is 26.9. The summed E-state index contributed by atoms with van der Waals surface area (Å²) in [5.41, 5.74) is 2.29. The van der Waals surface area contributed by atoms with Gasteiger partial charge in [0.1, 0.15) is 9.22 Å². The van der Waals surface area contributed by atoms with E-state index in [1.165, 1.54) is 20.5 Å². The number of amides is 1. The van der Waals surface area contributed by atoms with Gasteiger partial charge in [-0.2, -0.15) is 0 Å². The summed E-state index contributed by atoms with van der Waals surface area (Å²) < 4.78 is 28.4. The van der Waals surface area contributed by atoms with E-state index in [0.717, 1.165) is 54.3 Å². The number of H-pyrrole nitrogens is 1. The minimum Gasteiger partial charge on any atom is -0.351 e. The summed E-state index contributed by atoms with van der Waals surface area (Å²) in [4.78, 5) is 27.5. The van der Waals surface area contributed by atoms with Gasteiger partial charge in [-0.25, -0.2) is 13.4 Å². The van der Waals surface area contributed by atoms with Crippen LogP contribution in [-0.2, 0) is 21.4 Å². The minimum atomic E-state index is -3.65. The average Bonchev–Trinajstić information content (AvgIpc) is 3.66. The van der Waals surface area contributed by atoms with E-state index in [1.807, 2.05) is 37.4 Å². The summed E-state index contributed by atoms with van der Waals surface area (Å²) in [6.07, 6.45) is 1.92. The average molecular weight is 589 g/mol. The highest BCUT2D eigenvalue weighted by molar-refractivity contribution is 7.94. The second kappa shape index (κ2) is 12.2. The maximum absolute atomic E-state index is 13.3. The maximum Gasteiger partial charge on any atom is 0.273 e. The predicted octanol–water partition coefficient (Wildman–Crippen LogP) is 4.41. The van der Waals surface area contributed by atoms with Crippen LogP contribution in [-0.4, -0.2) is 92.4 Å². The van der Waals surface area contributed by atoms with E-state index in [9.17, 15) is 13.2 Å². The van der Waals surface area contributed by atoms with E-state index < -0.39 is 10.0 Å². The molecular formula is C27H36N6O3S3. The molecule has 0 atom stereocenters. The Balaban J connectivity index is 0.00000353. The number of fused-ring (bicyclic) bond motifs is 1. The molecular weight excluding hydrogens is 553 g/mol. The summed E-state index contributed by atoms with van der Waals surface area (Å²) in [6, 6.07) is 11.2. The van der Waals surface area contributed by atoms with Gasteiger partial charge in [0, 0.05) is 69.8 Å². The van der Waals surface area contributed by atoms with Crippen LogP contribution >= 0.6 is 22.7 Å². The lowest BCUT2D eigenvalue weighted by atomic mass is 10.2. The molecule has 1 aliphatic heterocycles. The third-order valence-corrected chi connectivity index (χ3v) is 11.0. The third-order valence-electron chi connectivity index (χ3n) is 6.72. The lowest BCUT2D eigenvalue weighted by molar-refractivity contribution is -0.130. The normalized spacial score (nSPS) is 14.8. The van der Waals surface area contributed by atoms with Gasteiger partial charge in [0.2, 0.25) is 5.91 Å².